The number of carbonyl (C=O) groups excluding carboxylic acids is 1. The predicted octanol–water partition coefficient (Wildman–Crippen LogP) is 2.11. The summed E-state index contributed by atoms with van der Waals surface area (Å²) in [5, 5.41) is 14.9. The number of nitrogens with zero attached hydrogens (tertiary/aromatic N) is 2. The number of benzene rings is 1. The molecule has 0 spiro atoms. The Hall–Kier alpha value is -2.61. The Morgan fingerprint density at radius 3 is 2.65 bits per heavy atom. The summed E-state index contributed by atoms with van der Waals surface area (Å²) in [7, 11) is 0. The van der Waals surface area contributed by atoms with Gasteiger partial charge in [-0.1, -0.05) is 5.16 Å². The van der Waals surface area contributed by atoms with Crippen molar-refractivity contribution >= 4 is 11.6 Å². The number of rotatable bonds is 2. The molecule has 1 aromatic heterocycles. The van der Waals surface area contributed by atoms with Crippen molar-refractivity contribution in [2.24, 2.45) is 0 Å². The van der Waals surface area contributed by atoms with Crippen molar-refractivity contribution in [1.29, 1.82) is 5.26 Å². The lowest BCUT2D eigenvalue weighted by molar-refractivity contribution is 0.101. The van der Waals surface area contributed by atoms with E-state index < -0.39 is 0 Å². The third-order valence-corrected chi connectivity index (χ3v) is 2.23. The van der Waals surface area contributed by atoms with Crippen LogP contribution in [0, 0.1) is 18.3 Å². The molecular formula is C12H9N3O2. The molecule has 1 amide bonds. The van der Waals surface area contributed by atoms with E-state index >= 15 is 0 Å². The lowest BCUT2D eigenvalue weighted by Crippen LogP contribution is -2.13. The van der Waals surface area contributed by atoms with Crippen LogP contribution in [-0.2, 0) is 0 Å². The van der Waals surface area contributed by atoms with Crippen LogP contribution in [0.15, 0.2) is 35.1 Å². The van der Waals surface area contributed by atoms with E-state index in [9.17, 15) is 4.79 Å². The van der Waals surface area contributed by atoms with Gasteiger partial charge in [-0.3, -0.25) is 4.79 Å². The van der Waals surface area contributed by atoms with Gasteiger partial charge in [-0.25, -0.2) is 0 Å². The SMILES string of the molecule is Cc1conc1C(=O)Nc1ccc(C#N)cc1. The molecule has 5 heteroatoms. The van der Waals surface area contributed by atoms with Crippen LogP contribution in [0.4, 0.5) is 5.69 Å². The first-order valence-electron chi connectivity index (χ1n) is 4.93. The number of hydrogen-bond donors (Lipinski definition) is 1. The number of amides is 1. The van der Waals surface area contributed by atoms with Gasteiger partial charge in [0.05, 0.1) is 11.6 Å². The molecule has 1 N–H and O–H groups in total. The maximum atomic E-state index is 11.8. The molecule has 1 aromatic carbocycles. The summed E-state index contributed by atoms with van der Waals surface area (Å²) in [6.45, 7) is 1.74. The zero-order valence-electron chi connectivity index (χ0n) is 9.10. The van der Waals surface area contributed by atoms with Crippen molar-refractivity contribution in [2.45, 2.75) is 6.92 Å². The molecule has 0 unspecified atom stereocenters. The van der Waals surface area contributed by atoms with E-state index in [4.69, 9.17) is 5.26 Å². The molecule has 2 rings (SSSR count). The van der Waals surface area contributed by atoms with Gasteiger partial charge in [-0.05, 0) is 31.2 Å². The first-order valence-corrected chi connectivity index (χ1v) is 4.93. The molecule has 84 valence electrons. The number of carbonyl (C=O) groups is 1. The van der Waals surface area contributed by atoms with E-state index in [2.05, 4.69) is 15.0 Å². The average molecular weight is 227 g/mol. The predicted molar refractivity (Wildman–Crippen MR) is 60.4 cm³/mol. The standard InChI is InChI=1S/C12H9N3O2/c1-8-7-17-15-11(8)12(16)14-10-4-2-9(6-13)3-5-10/h2-5,7H,1H3,(H,14,16). The van der Waals surface area contributed by atoms with Gasteiger partial charge < -0.3 is 9.84 Å². The molecule has 0 bridgehead atoms. The number of anilines is 1. The van der Waals surface area contributed by atoms with Gasteiger partial charge in [0.1, 0.15) is 6.26 Å². The van der Waals surface area contributed by atoms with E-state index in [1.54, 1.807) is 31.2 Å². The van der Waals surface area contributed by atoms with Crippen LogP contribution in [0.2, 0.25) is 0 Å². The van der Waals surface area contributed by atoms with Crippen LogP contribution in [0.3, 0.4) is 0 Å². The largest absolute Gasteiger partial charge is 0.364 e. The highest BCUT2D eigenvalue weighted by Crippen LogP contribution is 2.12. The van der Waals surface area contributed by atoms with Crippen molar-refractivity contribution in [3.63, 3.8) is 0 Å². The Morgan fingerprint density at radius 2 is 2.12 bits per heavy atom. The number of nitriles is 1. The summed E-state index contributed by atoms with van der Waals surface area (Å²) in [6, 6.07) is 8.58. The van der Waals surface area contributed by atoms with Crippen LogP contribution in [0.1, 0.15) is 21.6 Å². The first kappa shape index (κ1) is 10.9. The second-order valence-electron chi connectivity index (χ2n) is 3.49. The molecular weight excluding hydrogens is 218 g/mol. The Labute approximate surface area is 97.7 Å². The summed E-state index contributed by atoms with van der Waals surface area (Å²) in [5.41, 5.74) is 2.09. The van der Waals surface area contributed by atoms with Crippen LogP contribution in [0.5, 0.6) is 0 Å². The first-order chi connectivity index (χ1) is 8.20. The molecule has 17 heavy (non-hydrogen) atoms. The molecule has 0 aliphatic carbocycles. The molecule has 0 atom stereocenters. The number of hydrogen-bond acceptors (Lipinski definition) is 4. The minimum absolute atomic E-state index is 0.259. The van der Waals surface area contributed by atoms with Crippen LogP contribution >= 0.6 is 0 Å². The van der Waals surface area contributed by atoms with Gasteiger partial charge in [0, 0.05) is 11.3 Å². The molecule has 0 aliphatic heterocycles. The fraction of sp³-hybridized carbons (Fsp3) is 0.0833. The van der Waals surface area contributed by atoms with E-state index in [1.165, 1.54) is 6.26 Å². The summed E-state index contributed by atoms with van der Waals surface area (Å²) >= 11 is 0. The molecule has 1 heterocycles. The molecule has 5 nitrogen and oxygen atoms in total. The third-order valence-electron chi connectivity index (χ3n) is 2.23. The Kier molecular flexibility index (Phi) is 2.88. The summed E-state index contributed by atoms with van der Waals surface area (Å²) in [6.07, 6.45) is 1.41. The Balaban J connectivity index is 2.14. The zero-order valence-corrected chi connectivity index (χ0v) is 9.10. The molecule has 0 aliphatic rings. The molecule has 0 saturated carbocycles. The number of aromatic nitrogens is 1. The van der Waals surface area contributed by atoms with E-state index in [1.807, 2.05) is 6.07 Å². The highest BCUT2D eigenvalue weighted by Gasteiger charge is 2.13. The summed E-state index contributed by atoms with van der Waals surface area (Å²) in [5.74, 6) is -0.332. The summed E-state index contributed by atoms with van der Waals surface area (Å²) < 4.78 is 4.69. The highest BCUT2D eigenvalue weighted by molar-refractivity contribution is 6.03. The number of nitrogens with one attached hydrogen (secondary N) is 1. The smallest absolute Gasteiger partial charge is 0.278 e. The monoisotopic (exact) mass is 227 g/mol. The normalized spacial score (nSPS) is 9.65. The van der Waals surface area contributed by atoms with Gasteiger partial charge in [0.15, 0.2) is 5.69 Å². The highest BCUT2D eigenvalue weighted by atomic mass is 16.5. The van der Waals surface area contributed by atoms with Crippen molar-refractivity contribution in [3.05, 3.63) is 47.3 Å². The fourth-order valence-corrected chi connectivity index (χ4v) is 1.32. The topological polar surface area (TPSA) is 78.9 Å². The van der Waals surface area contributed by atoms with Gasteiger partial charge in [-0.15, -0.1) is 0 Å². The van der Waals surface area contributed by atoms with Crippen molar-refractivity contribution < 1.29 is 9.32 Å². The van der Waals surface area contributed by atoms with Crippen LogP contribution in [0.25, 0.3) is 0 Å². The minimum Gasteiger partial charge on any atom is -0.364 e. The molecule has 0 fully saturated rings. The molecule has 2 aromatic rings. The quantitative estimate of drug-likeness (QED) is 0.852. The summed E-state index contributed by atoms with van der Waals surface area (Å²) in [4.78, 5) is 11.8. The fourth-order valence-electron chi connectivity index (χ4n) is 1.32. The number of aryl methyl sites for hydroxylation is 1. The third kappa shape index (κ3) is 2.32. The van der Waals surface area contributed by atoms with Crippen LogP contribution < -0.4 is 5.32 Å². The van der Waals surface area contributed by atoms with Gasteiger partial charge >= 0.3 is 0 Å². The molecule has 0 saturated heterocycles. The maximum Gasteiger partial charge on any atom is 0.278 e. The second-order valence-corrected chi connectivity index (χ2v) is 3.49. The zero-order chi connectivity index (χ0) is 12.3. The van der Waals surface area contributed by atoms with Gasteiger partial charge in [0.25, 0.3) is 5.91 Å². The van der Waals surface area contributed by atoms with Crippen LogP contribution in [-0.4, -0.2) is 11.1 Å². The van der Waals surface area contributed by atoms with Crippen molar-refractivity contribution in [1.82, 2.24) is 5.16 Å². The van der Waals surface area contributed by atoms with E-state index in [0.29, 0.717) is 16.8 Å². The second kappa shape index (κ2) is 4.49. The van der Waals surface area contributed by atoms with Gasteiger partial charge in [-0.2, -0.15) is 5.26 Å². The van der Waals surface area contributed by atoms with E-state index in [-0.39, 0.29) is 11.6 Å². The maximum absolute atomic E-state index is 11.8. The van der Waals surface area contributed by atoms with Crippen molar-refractivity contribution in [2.75, 3.05) is 5.32 Å². The Bertz CT molecular complexity index is 579. The van der Waals surface area contributed by atoms with Gasteiger partial charge in [0.2, 0.25) is 0 Å². The van der Waals surface area contributed by atoms with E-state index in [0.717, 1.165) is 0 Å². The Morgan fingerprint density at radius 1 is 1.41 bits per heavy atom. The molecule has 0 radical (unpaired) electrons. The lowest BCUT2D eigenvalue weighted by Gasteiger charge is -2.02. The minimum atomic E-state index is -0.332. The average Bonchev–Trinajstić information content (AvgIpc) is 2.76. The van der Waals surface area contributed by atoms with Crippen molar-refractivity contribution in [3.8, 4) is 6.07 Å². The lowest BCUT2D eigenvalue weighted by atomic mass is 10.2.